The first-order valence-corrected chi connectivity index (χ1v) is 8.94. The summed E-state index contributed by atoms with van der Waals surface area (Å²) in [6, 6.07) is 6.35. The van der Waals surface area contributed by atoms with E-state index >= 15 is 0 Å². The van der Waals surface area contributed by atoms with Gasteiger partial charge in [-0.2, -0.15) is 0 Å². The van der Waals surface area contributed by atoms with Crippen molar-refractivity contribution in [2.45, 2.75) is 38.9 Å². The fourth-order valence-electron chi connectivity index (χ4n) is 2.25. The van der Waals surface area contributed by atoms with Gasteiger partial charge < -0.3 is 14.6 Å². The number of hydrogen-bond acceptors (Lipinski definition) is 5. The Kier molecular flexibility index (Phi) is 6.66. The summed E-state index contributed by atoms with van der Waals surface area (Å²) in [5.41, 5.74) is 2.33. The van der Waals surface area contributed by atoms with Gasteiger partial charge in [0.1, 0.15) is 18.7 Å². The minimum absolute atomic E-state index is 0.0395. The van der Waals surface area contributed by atoms with Crippen LogP contribution in [-0.4, -0.2) is 39.6 Å². The zero-order valence-electron chi connectivity index (χ0n) is 14.6. The molecule has 1 aromatic carbocycles. The first-order chi connectivity index (χ1) is 11.5. The van der Waals surface area contributed by atoms with Gasteiger partial charge in [0.25, 0.3) is 0 Å². The number of nitrogens with zero attached hydrogens (tertiary/aromatic N) is 3. The average molecular weight is 348 g/mol. The zero-order chi connectivity index (χ0) is 17.5. The zero-order valence-corrected chi connectivity index (χ0v) is 15.4. The van der Waals surface area contributed by atoms with Gasteiger partial charge in [0.2, 0.25) is 5.91 Å². The van der Waals surface area contributed by atoms with Gasteiger partial charge >= 0.3 is 0 Å². The molecule has 7 heteroatoms. The molecular weight excluding hydrogens is 324 g/mol. The molecule has 24 heavy (non-hydrogen) atoms. The van der Waals surface area contributed by atoms with E-state index in [2.05, 4.69) is 35.4 Å². The molecule has 130 valence electrons. The number of ether oxygens (including phenoxy) is 1. The van der Waals surface area contributed by atoms with Crippen molar-refractivity contribution < 1.29 is 9.53 Å². The van der Waals surface area contributed by atoms with E-state index in [1.165, 1.54) is 22.9 Å². The summed E-state index contributed by atoms with van der Waals surface area (Å²) in [6.07, 6.45) is 1.68. The van der Waals surface area contributed by atoms with Crippen molar-refractivity contribution in [1.82, 2.24) is 20.1 Å². The molecule has 0 atom stereocenters. The van der Waals surface area contributed by atoms with Crippen molar-refractivity contribution in [2.75, 3.05) is 18.9 Å². The lowest BCUT2D eigenvalue weighted by Crippen LogP contribution is -2.29. The summed E-state index contributed by atoms with van der Waals surface area (Å²) in [5.74, 6) is 1.11. The smallest absolute Gasteiger partial charge is 0.230 e. The number of amides is 1. The highest BCUT2D eigenvalue weighted by molar-refractivity contribution is 7.99. The Bertz CT molecular complexity index is 665. The Balaban J connectivity index is 1.69. The van der Waals surface area contributed by atoms with Crippen molar-refractivity contribution in [3.05, 3.63) is 35.7 Å². The quantitative estimate of drug-likeness (QED) is 0.587. The number of aryl methyl sites for hydroxylation is 2. The van der Waals surface area contributed by atoms with Gasteiger partial charge in [-0.15, -0.1) is 10.2 Å². The Hall–Kier alpha value is -2.02. The predicted octanol–water partition coefficient (Wildman–Crippen LogP) is 2.76. The van der Waals surface area contributed by atoms with Crippen LogP contribution in [-0.2, 0) is 4.79 Å². The van der Waals surface area contributed by atoms with Gasteiger partial charge in [-0.1, -0.05) is 17.8 Å². The van der Waals surface area contributed by atoms with E-state index < -0.39 is 0 Å². The van der Waals surface area contributed by atoms with E-state index in [1.807, 2.05) is 30.5 Å². The average Bonchev–Trinajstić information content (AvgIpc) is 2.97. The Labute approximate surface area is 147 Å². The molecule has 0 spiro atoms. The van der Waals surface area contributed by atoms with Gasteiger partial charge in [0.05, 0.1) is 12.3 Å². The number of rotatable bonds is 8. The van der Waals surface area contributed by atoms with Crippen LogP contribution in [0.5, 0.6) is 5.75 Å². The normalized spacial score (nSPS) is 10.9. The van der Waals surface area contributed by atoms with Crippen molar-refractivity contribution in [2.24, 2.45) is 0 Å². The molecule has 0 unspecified atom stereocenters. The van der Waals surface area contributed by atoms with Gasteiger partial charge in [-0.25, -0.2) is 0 Å². The largest absolute Gasteiger partial charge is 0.492 e. The molecule has 1 heterocycles. The number of thioether (sulfide) groups is 1. The van der Waals surface area contributed by atoms with Gasteiger partial charge in [-0.05, 0) is 51.0 Å². The number of aromatic nitrogens is 3. The molecule has 0 aliphatic heterocycles. The Morgan fingerprint density at radius 3 is 2.67 bits per heavy atom. The number of benzene rings is 1. The standard InChI is InChI=1S/C17H24N4O2S/c1-12(2)21-11-19-20-17(21)24-10-16(22)18-5-6-23-15-8-13(3)7-14(4)9-15/h7-9,11-12H,5-6,10H2,1-4H3,(H,18,22). The molecule has 0 saturated heterocycles. The third-order valence-corrected chi connectivity index (χ3v) is 4.27. The third-order valence-electron chi connectivity index (χ3n) is 3.32. The first kappa shape index (κ1) is 18.3. The molecule has 2 aromatic rings. The van der Waals surface area contributed by atoms with Gasteiger partial charge in [0, 0.05) is 6.04 Å². The van der Waals surface area contributed by atoms with Gasteiger partial charge in [-0.3, -0.25) is 4.79 Å². The molecule has 0 aliphatic carbocycles. The molecule has 0 aliphatic rings. The maximum atomic E-state index is 11.9. The number of hydrogen-bond donors (Lipinski definition) is 1. The summed E-state index contributed by atoms with van der Waals surface area (Å²) in [4.78, 5) is 11.9. The maximum Gasteiger partial charge on any atom is 0.230 e. The van der Waals surface area contributed by atoms with Crippen LogP contribution in [0.2, 0.25) is 0 Å². The fourth-order valence-corrected chi connectivity index (χ4v) is 3.12. The van der Waals surface area contributed by atoms with Crippen LogP contribution in [0.4, 0.5) is 0 Å². The summed E-state index contributed by atoms with van der Waals surface area (Å²) in [5, 5.41) is 11.5. The Morgan fingerprint density at radius 2 is 2.00 bits per heavy atom. The Morgan fingerprint density at radius 1 is 1.29 bits per heavy atom. The van der Waals surface area contributed by atoms with E-state index in [-0.39, 0.29) is 11.9 Å². The third kappa shape index (κ3) is 5.56. The lowest BCUT2D eigenvalue weighted by Gasteiger charge is -2.10. The van der Waals surface area contributed by atoms with Crippen LogP contribution in [0.25, 0.3) is 0 Å². The second-order valence-electron chi connectivity index (χ2n) is 5.93. The van der Waals surface area contributed by atoms with Crippen LogP contribution >= 0.6 is 11.8 Å². The van der Waals surface area contributed by atoms with Crippen LogP contribution < -0.4 is 10.1 Å². The minimum Gasteiger partial charge on any atom is -0.492 e. The van der Waals surface area contributed by atoms with E-state index in [4.69, 9.17) is 4.74 Å². The van der Waals surface area contributed by atoms with Crippen molar-refractivity contribution in [1.29, 1.82) is 0 Å². The second kappa shape index (κ2) is 8.73. The lowest BCUT2D eigenvalue weighted by molar-refractivity contribution is -0.118. The number of nitrogens with one attached hydrogen (secondary N) is 1. The SMILES string of the molecule is Cc1cc(C)cc(OCCNC(=O)CSc2nncn2C(C)C)c1. The molecule has 2 rings (SSSR count). The van der Waals surface area contributed by atoms with E-state index in [0.29, 0.717) is 18.9 Å². The lowest BCUT2D eigenvalue weighted by atomic mass is 10.1. The van der Waals surface area contributed by atoms with Crippen molar-refractivity contribution >= 4 is 17.7 Å². The van der Waals surface area contributed by atoms with Crippen molar-refractivity contribution in [3.63, 3.8) is 0 Å². The van der Waals surface area contributed by atoms with E-state index in [0.717, 1.165) is 10.9 Å². The highest BCUT2D eigenvalue weighted by atomic mass is 32.2. The van der Waals surface area contributed by atoms with Gasteiger partial charge in [0.15, 0.2) is 5.16 Å². The van der Waals surface area contributed by atoms with Crippen LogP contribution in [0, 0.1) is 13.8 Å². The van der Waals surface area contributed by atoms with Crippen LogP contribution in [0.15, 0.2) is 29.7 Å². The van der Waals surface area contributed by atoms with Crippen LogP contribution in [0.3, 0.4) is 0 Å². The second-order valence-corrected chi connectivity index (χ2v) is 6.87. The molecule has 0 saturated carbocycles. The number of carbonyl (C=O) groups is 1. The summed E-state index contributed by atoms with van der Waals surface area (Å²) >= 11 is 1.38. The topological polar surface area (TPSA) is 69.0 Å². The monoisotopic (exact) mass is 348 g/mol. The first-order valence-electron chi connectivity index (χ1n) is 7.96. The fraction of sp³-hybridized carbons (Fsp3) is 0.471. The van der Waals surface area contributed by atoms with E-state index in [9.17, 15) is 4.79 Å². The highest BCUT2D eigenvalue weighted by Crippen LogP contribution is 2.18. The maximum absolute atomic E-state index is 11.9. The summed E-state index contributed by atoms with van der Waals surface area (Å²) in [6.45, 7) is 9.10. The van der Waals surface area contributed by atoms with E-state index in [1.54, 1.807) is 6.33 Å². The molecule has 0 fully saturated rings. The number of carbonyl (C=O) groups excluding carboxylic acids is 1. The summed E-state index contributed by atoms with van der Waals surface area (Å²) in [7, 11) is 0. The molecule has 1 N–H and O–H groups in total. The predicted molar refractivity (Wildman–Crippen MR) is 95.6 cm³/mol. The molecule has 0 radical (unpaired) electrons. The molecular formula is C17H24N4O2S. The molecule has 1 amide bonds. The molecule has 0 bridgehead atoms. The minimum atomic E-state index is -0.0395. The summed E-state index contributed by atoms with van der Waals surface area (Å²) < 4.78 is 7.62. The highest BCUT2D eigenvalue weighted by Gasteiger charge is 2.10. The van der Waals surface area contributed by atoms with Crippen LogP contribution in [0.1, 0.15) is 31.0 Å². The molecule has 6 nitrogen and oxygen atoms in total. The molecule has 1 aromatic heterocycles. The van der Waals surface area contributed by atoms with Crippen molar-refractivity contribution in [3.8, 4) is 5.75 Å².